The van der Waals surface area contributed by atoms with Crippen molar-refractivity contribution in [1.29, 1.82) is 0 Å². The molecule has 0 bridgehead atoms. The molecule has 0 unspecified atom stereocenters. The molecule has 5 heteroatoms. The summed E-state index contributed by atoms with van der Waals surface area (Å²) in [7, 11) is 3.90. The van der Waals surface area contributed by atoms with Crippen LogP contribution in [0.15, 0.2) is 48.5 Å². The van der Waals surface area contributed by atoms with Gasteiger partial charge in [0.05, 0.1) is 0 Å². The van der Waals surface area contributed by atoms with Crippen molar-refractivity contribution in [2.45, 2.75) is 13.0 Å². The molecule has 26 heavy (non-hydrogen) atoms. The maximum atomic E-state index is 13.1. The van der Waals surface area contributed by atoms with Crippen molar-refractivity contribution in [2.24, 2.45) is 0 Å². The van der Waals surface area contributed by atoms with Gasteiger partial charge < -0.3 is 14.9 Å². The number of hydrogen-bond acceptors (Lipinski definition) is 4. The van der Waals surface area contributed by atoms with E-state index in [1.807, 2.05) is 48.2 Å². The van der Waals surface area contributed by atoms with Crippen LogP contribution in [0.1, 0.15) is 17.2 Å². The summed E-state index contributed by atoms with van der Waals surface area (Å²) >= 11 is 0. The first kappa shape index (κ1) is 18.3. The minimum Gasteiger partial charge on any atom is -0.508 e. The summed E-state index contributed by atoms with van der Waals surface area (Å²) < 4.78 is 0. The number of likely N-dealkylation sites (N-methyl/N-ethyl adjacent to an activating group) is 1. The Hall–Kier alpha value is -2.53. The van der Waals surface area contributed by atoms with Crippen LogP contribution in [0.25, 0.3) is 0 Å². The standard InChI is InChI=1S/C21H27N3O2/c1-16-7-9-17(10-8-16)20(22(2)3)21(26)24-13-11-23(12-14-24)18-5-4-6-19(25)15-18/h4-10,15,20,25H,11-14H2,1-3H3/t20-/m1/s1. The molecule has 5 nitrogen and oxygen atoms in total. The molecule has 1 fully saturated rings. The monoisotopic (exact) mass is 353 g/mol. The second-order valence-electron chi connectivity index (χ2n) is 7.11. The molecule has 0 saturated carbocycles. The highest BCUT2D eigenvalue weighted by Crippen LogP contribution is 2.25. The Morgan fingerprint density at radius 3 is 2.27 bits per heavy atom. The molecule has 2 aromatic rings. The third-order valence-corrected chi connectivity index (χ3v) is 4.93. The largest absolute Gasteiger partial charge is 0.508 e. The minimum atomic E-state index is -0.261. The molecule has 1 amide bonds. The van der Waals surface area contributed by atoms with Gasteiger partial charge in [0.2, 0.25) is 5.91 Å². The summed E-state index contributed by atoms with van der Waals surface area (Å²) in [6.45, 7) is 4.96. The lowest BCUT2D eigenvalue weighted by Gasteiger charge is -2.38. The number of aromatic hydroxyl groups is 1. The number of anilines is 1. The van der Waals surface area contributed by atoms with Gasteiger partial charge in [0.15, 0.2) is 0 Å². The number of aryl methyl sites for hydroxylation is 1. The van der Waals surface area contributed by atoms with Crippen LogP contribution >= 0.6 is 0 Å². The number of carbonyl (C=O) groups excluding carboxylic acids is 1. The Bertz CT molecular complexity index is 750. The summed E-state index contributed by atoms with van der Waals surface area (Å²) in [6.07, 6.45) is 0. The van der Waals surface area contributed by atoms with Crippen LogP contribution in [0.5, 0.6) is 5.75 Å². The summed E-state index contributed by atoms with van der Waals surface area (Å²) in [5.74, 6) is 0.419. The number of phenols is 1. The van der Waals surface area contributed by atoms with Crippen molar-refractivity contribution < 1.29 is 9.90 Å². The van der Waals surface area contributed by atoms with E-state index in [4.69, 9.17) is 0 Å². The smallest absolute Gasteiger partial charge is 0.244 e. The number of nitrogens with zero attached hydrogens (tertiary/aromatic N) is 3. The minimum absolute atomic E-state index is 0.148. The van der Waals surface area contributed by atoms with Crippen LogP contribution in [0, 0.1) is 6.92 Å². The lowest BCUT2D eigenvalue weighted by atomic mass is 10.0. The van der Waals surface area contributed by atoms with E-state index < -0.39 is 0 Å². The fraction of sp³-hybridized carbons (Fsp3) is 0.381. The maximum absolute atomic E-state index is 13.1. The SMILES string of the molecule is Cc1ccc([C@H](C(=O)N2CCN(c3cccc(O)c3)CC2)N(C)C)cc1. The highest BCUT2D eigenvalue weighted by atomic mass is 16.3. The predicted molar refractivity (Wildman–Crippen MR) is 105 cm³/mol. The van der Waals surface area contributed by atoms with Crippen LogP contribution in [-0.4, -0.2) is 61.1 Å². The van der Waals surface area contributed by atoms with E-state index in [2.05, 4.69) is 24.0 Å². The Balaban J connectivity index is 1.69. The first-order valence-corrected chi connectivity index (χ1v) is 9.01. The molecular weight excluding hydrogens is 326 g/mol. The van der Waals surface area contributed by atoms with Gasteiger partial charge in [-0.3, -0.25) is 9.69 Å². The summed E-state index contributed by atoms with van der Waals surface area (Å²) in [6, 6.07) is 15.2. The average Bonchev–Trinajstić information content (AvgIpc) is 2.63. The lowest BCUT2D eigenvalue weighted by molar-refractivity contribution is -0.136. The molecule has 138 valence electrons. The number of benzene rings is 2. The average molecular weight is 353 g/mol. The van der Waals surface area contributed by atoms with Crippen molar-refractivity contribution in [2.75, 3.05) is 45.2 Å². The highest BCUT2D eigenvalue weighted by Gasteiger charge is 2.30. The number of amides is 1. The molecule has 0 radical (unpaired) electrons. The van der Waals surface area contributed by atoms with E-state index in [1.165, 1.54) is 5.56 Å². The van der Waals surface area contributed by atoms with Gasteiger partial charge in [-0.2, -0.15) is 0 Å². The molecule has 1 N–H and O–H groups in total. The predicted octanol–water partition coefficient (Wildman–Crippen LogP) is 2.65. The quantitative estimate of drug-likeness (QED) is 0.918. The Labute approximate surface area is 155 Å². The third-order valence-electron chi connectivity index (χ3n) is 4.93. The van der Waals surface area contributed by atoms with E-state index in [-0.39, 0.29) is 17.7 Å². The Kier molecular flexibility index (Phi) is 5.47. The van der Waals surface area contributed by atoms with Crippen molar-refractivity contribution >= 4 is 11.6 Å². The fourth-order valence-corrected chi connectivity index (χ4v) is 3.46. The molecule has 0 aromatic heterocycles. The van der Waals surface area contributed by atoms with Gasteiger partial charge in [0, 0.05) is 37.9 Å². The third kappa shape index (κ3) is 3.99. The molecule has 1 saturated heterocycles. The summed E-state index contributed by atoms with van der Waals surface area (Å²) in [4.78, 5) is 19.3. The van der Waals surface area contributed by atoms with E-state index in [1.54, 1.807) is 12.1 Å². The fourth-order valence-electron chi connectivity index (χ4n) is 3.46. The summed E-state index contributed by atoms with van der Waals surface area (Å²) in [5, 5.41) is 9.67. The highest BCUT2D eigenvalue weighted by molar-refractivity contribution is 5.83. The first-order chi connectivity index (χ1) is 12.5. The zero-order valence-corrected chi connectivity index (χ0v) is 15.7. The van der Waals surface area contributed by atoms with E-state index >= 15 is 0 Å². The molecule has 3 rings (SSSR count). The second-order valence-corrected chi connectivity index (χ2v) is 7.11. The molecule has 1 aliphatic heterocycles. The molecular formula is C21H27N3O2. The Morgan fingerprint density at radius 1 is 1.04 bits per heavy atom. The van der Waals surface area contributed by atoms with Crippen LogP contribution < -0.4 is 4.90 Å². The van der Waals surface area contributed by atoms with Crippen LogP contribution in [0.2, 0.25) is 0 Å². The topological polar surface area (TPSA) is 47.0 Å². The van der Waals surface area contributed by atoms with Crippen molar-refractivity contribution in [3.8, 4) is 5.75 Å². The van der Waals surface area contributed by atoms with Gasteiger partial charge in [0.1, 0.15) is 11.8 Å². The van der Waals surface area contributed by atoms with E-state index in [0.717, 1.165) is 24.3 Å². The molecule has 2 aromatic carbocycles. The zero-order chi connectivity index (χ0) is 18.7. The summed E-state index contributed by atoms with van der Waals surface area (Å²) in [5.41, 5.74) is 3.22. The van der Waals surface area contributed by atoms with Crippen molar-refractivity contribution in [3.05, 3.63) is 59.7 Å². The number of carbonyl (C=O) groups is 1. The van der Waals surface area contributed by atoms with Crippen LogP contribution in [-0.2, 0) is 4.79 Å². The van der Waals surface area contributed by atoms with Crippen LogP contribution in [0.3, 0.4) is 0 Å². The Morgan fingerprint density at radius 2 is 1.69 bits per heavy atom. The van der Waals surface area contributed by atoms with E-state index in [0.29, 0.717) is 13.1 Å². The molecule has 0 aliphatic carbocycles. The molecule has 1 aliphatic rings. The van der Waals surface area contributed by atoms with E-state index in [9.17, 15) is 9.90 Å². The normalized spacial score (nSPS) is 16.0. The molecule has 1 heterocycles. The van der Waals surface area contributed by atoms with Gasteiger partial charge in [-0.25, -0.2) is 0 Å². The van der Waals surface area contributed by atoms with Gasteiger partial charge >= 0.3 is 0 Å². The van der Waals surface area contributed by atoms with Gasteiger partial charge in [-0.05, 0) is 38.7 Å². The second kappa shape index (κ2) is 7.79. The van der Waals surface area contributed by atoms with Crippen molar-refractivity contribution in [3.63, 3.8) is 0 Å². The van der Waals surface area contributed by atoms with Crippen LogP contribution in [0.4, 0.5) is 5.69 Å². The van der Waals surface area contributed by atoms with Gasteiger partial charge in [0.25, 0.3) is 0 Å². The molecule has 1 atom stereocenters. The lowest BCUT2D eigenvalue weighted by Crippen LogP contribution is -2.51. The number of piperazine rings is 1. The number of rotatable bonds is 4. The zero-order valence-electron chi connectivity index (χ0n) is 15.7. The number of hydrogen-bond donors (Lipinski definition) is 1. The first-order valence-electron chi connectivity index (χ1n) is 9.01. The number of phenolic OH excluding ortho intramolecular Hbond substituents is 1. The maximum Gasteiger partial charge on any atom is 0.244 e. The van der Waals surface area contributed by atoms with Crippen molar-refractivity contribution in [1.82, 2.24) is 9.80 Å². The van der Waals surface area contributed by atoms with Gasteiger partial charge in [-0.1, -0.05) is 35.9 Å². The molecule has 0 spiro atoms. The van der Waals surface area contributed by atoms with Gasteiger partial charge in [-0.15, -0.1) is 0 Å².